The van der Waals surface area contributed by atoms with Crippen LogP contribution in [0.4, 0.5) is 0 Å². The molecule has 0 fully saturated rings. The molecule has 1 heterocycles. The fourth-order valence-electron chi connectivity index (χ4n) is 1.32. The summed E-state index contributed by atoms with van der Waals surface area (Å²) in [6, 6.07) is 5.64. The smallest absolute Gasteiger partial charge is 0.140 e. The largest absolute Gasteiger partial charge is 0.396 e. The zero-order valence-electron chi connectivity index (χ0n) is 7.74. The summed E-state index contributed by atoms with van der Waals surface area (Å²) >= 11 is 9.38. The molecule has 0 radical (unpaired) electrons. The van der Waals surface area contributed by atoms with Crippen molar-refractivity contribution in [3.05, 3.63) is 33.6 Å². The SMILES string of the molecule is OCCc1nc(Cl)c2cc(Br)ccc2n1. The summed E-state index contributed by atoms with van der Waals surface area (Å²) in [5.74, 6) is 0.567. The van der Waals surface area contributed by atoms with Crippen LogP contribution in [0.5, 0.6) is 0 Å². The van der Waals surface area contributed by atoms with E-state index in [4.69, 9.17) is 16.7 Å². The third kappa shape index (κ3) is 2.27. The quantitative estimate of drug-likeness (QED) is 0.864. The molecule has 3 nitrogen and oxygen atoms in total. The number of halogens is 2. The zero-order valence-corrected chi connectivity index (χ0v) is 10.1. The Morgan fingerprint density at radius 2 is 2.13 bits per heavy atom. The van der Waals surface area contributed by atoms with Gasteiger partial charge in [-0.1, -0.05) is 27.5 Å². The Hall–Kier alpha value is -0.710. The summed E-state index contributed by atoms with van der Waals surface area (Å²) in [7, 11) is 0. The highest BCUT2D eigenvalue weighted by Gasteiger charge is 2.05. The van der Waals surface area contributed by atoms with Crippen molar-refractivity contribution in [3.8, 4) is 0 Å². The lowest BCUT2D eigenvalue weighted by Crippen LogP contribution is -1.99. The Balaban J connectivity index is 2.62. The highest BCUT2D eigenvalue weighted by Crippen LogP contribution is 2.24. The van der Waals surface area contributed by atoms with E-state index >= 15 is 0 Å². The Bertz CT molecular complexity index is 504. The van der Waals surface area contributed by atoms with Crippen LogP contribution in [0.2, 0.25) is 5.15 Å². The van der Waals surface area contributed by atoms with Crippen molar-refractivity contribution in [1.29, 1.82) is 0 Å². The van der Waals surface area contributed by atoms with E-state index in [0.29, 0.717) is 17.4 Å². The van der Waals surface area contributed by atoms with E-state index in [0.717, 1.165) is 15.4 Å². The summed E-state index contributed by atoms with van der Waals surface area (Å²) < 4.78 is 0.940. The molecule has 0 bridgehead atoms. The number of aliphatic hydroxyl groups excluding tert-OH is 1. The molecule has 0 unspecified atom stereocenters. The van der Waals surface area contributed by atoms with E-state index in [1.807, 2.05) is 18.2 Å². The third-order valence-electron chi connectivity index (χ3n) is 1.99. The summed E-state index contributed by atoms with van der Waals surface area (Å²) in [6.07, 6.45) is 0.422. The van der Waals surface area contributed by atoms with Crippen LogP contribution in [-0.2, 0) is 6.42 Å². The molecule has 0 spiro atoms. The van der Waals surface area contributed by atoms with Crippen LogP contribution in [0.1, 0.15) is 5.82 Å². The molecule has 0 aliphatic rings. The molecule has 2 aromatic rings. The average molecular weight is 288 g/mol. The van der Waals surface area contributed by atoms with Gasteiger partial charge in [0.15, 0.2) is 0 Å². The molecule has 0 atom stereocenters. The Morgan fingerprint density at radius 1 is 1.33 bits per heavy atom. The number of rotatable bonds is 2. The maximum Gasteiger partial charge on any atom is 0.140 e. The van der Waals surface area contributed by atoms with Crippen LogP contribution in [0.25, 0.3) is 10.9 Å². The van der Waals surface area contributed by atoms with Crippen LogP contribution in [0, 0.1) is 0 Å². The molecule has 1 aromatic heterocycles. The van der Waals surface area contributed by atoms with Crippen molar-refractivity contribution in [2.75, 3.05) is 6.61 Å². The van der Waals surface area contributed by atoms with Crippen LogP contribution < -0.4 is 0 Å². The molecule has 1 N–H and O–H groups in total. The number of fused-ring (bicyclic) bond motifs is 1. The van der Waals surface area contributed by atoms with Gasteiger partial charge in [0.1, 0.15) is 11.0 Å². The summed E-state index contributed by atoms with van der Waals surface area (Å²) in [5, 5.41) is 10.0. The first-order valence-corrected chi connectivity index (χ1v) is 5.60. The van der Waals surface area contributed by atoms with Gasteiger partial charge in [0.2, 0.25) is 0 Å². The summed E-state index contributed by atoms with van der Waals surface area (Å²) in [4.78, 5) is 8.40. The second-order valence-corrected chi connectivity index (χ2v) is 4.34. The maximum atomic E-state index is 8.80. The van der Waals surface area contributed by atoms with Gasteiger partial charge in [-0.2, -0.15) is 0 Å². The van der Waals surface area contributed by atoms with E-state index in [1.54, 1.807) is 0 Å². The average Bonchev–Trinajstić information content (AvgIpc) is 2.20. The van der Waals surface area contributed by atoms with E-state index in [-0.39, 0.29) is 6.61 Å². The molecule has 0 saturated heterocycles. The predicted molar refractivity (Wildman–Crippen MR) is 63.0 cm³/mol. The molecule has 0 aliphatic heterocycles. The van der Waals surface area contributed by atoms with Crippen molar-refractivity contribution < 1.29 is 5.11 Å². The molecular weight excluding hydrogens is 279 g/mol. The molecule has 0 amide bonds. The van der Waals surface area contributed by atoms with E-state index in [9.17, 15) is 0 Å². The highest BCUT2D eigenvalue weighted by atomic mass is 79.9. The first-order valence-electron chi connectivity index (χ1n) is 4.43. The maximum absolute atomic E-state index is 8.80. The summed E-state index contributed by atoms with van der Waals surface area (Å²) in [6.45, 7) is 0.0262. The van der Waals surface area contributed by atoms with E-state index < -0.39 is 0 Å². The minimum absolute atomic E-state index is 0.0262. The lowest BCUT2D eigenvalue weighted by atomic mass is 10.2. The zero-order chi connectivity index (χ0) is 10.8. The van der Waals surface area contributed by atoms with Gasteiger partial charge in [0.05, 0.1) is 12.1 Å². The second kappa shape index (κ2) is 4.43. The van der Waals surface area contributed by atoms with E-state index in [2.05, 4.69) is 25.9 Å². The summed E-state index contributed by atoms with van der Waals surface area (Å²) in [5.41, 5.74) is 0.793. The molecule has 0 aliphatic carbocycles. The molecule has 1 aromatic carbocycles. The van der Waals surface area contributed by atoms with Crippen molar-refractivity contribution >= 4 is 38.4 Å². The first kappa shape index (κ1) is 10.8. The monoisotopic (exact) mass is 286 g/mol. The van der Waals surface area contributed by atoms with Gasteiger partial charge in [-0.15, -0.1) is 0 Å². The van der Waals surface area contributed by atoms with Crippen LogP contribution in [0.3, 0.4) is 0 Å². The number of benzene rings is 1. The lowest BCUT2D eigenvalue weighted by Gasteiger charge is -2.03. The molecule has 78 valence electrons. The third-order valence-corrected chi connectivity index (χ3v) is 2.77. The molecule has 15 heavy (non-hydrogen) atoms. The van der Waals surface area contributed by atoms with Crippen molar-refractivity contribution in [1.82, 2.24) is 9.97 Å². The van der Waals surface area contributed by atoms with Crippen molar-refractivity contribution in [2.45, 2.75) is 6.42 Å². The fraction of sp³-hybridized carbons (Fsp3) is 0.200. The van der Waals surface area contributed by atoms with Gasteiger partial charge in [-0.25, -0.2) is 9.97 Å². The minimum atomic E-state index is 0.0262. The van der Waals surface area contributed by atoms with E-state index in [1.165, 1.54) is 0 Å². The number of aliphatic hydroxyl groups is 1. The van der Waals surface area contributed by atoms with Crippen LogP contribution >= 0.6 is 27.5 Å². The molecule has 0 saturated carbocycles. The minimum Gasteiger partial charge on any atom is -0.396 e. The second-order valence-electron chi connectivity index (χ2n) is 3.07. The lowest BCUT2D eigenvalue weighted by molar-refractivity contribution is 0.297. The van der Waals surface area contributed by atoms with Gasteiger partial charge >= 0.3 is 0 Å². The Kier molecular flexibility index (Phi) is 3.19. The molecule has 5 heteroatoms. The van der Waals surface area contributed by atoms with Crippen LogP contribution in [-0.4, -0.2) is 21.7 Å². The standard InChI is InChI=1S/C10H8BrClN2O/c11-6-1-2-8-7(5-6)10(12)14-9(13-8)3-4-15/h1-2,5,15H,3-4H2. The topological polar surface area (TPSA) is 46.0 Å². The van der Waals surface area contributed by atoms with Crippen molar-refractivity contribution in [2.24, 2.45) is 0 Å². The van der Waals surface area contributed by atoms with Gasteiger partial charge in [-0.05, 0) is 18.2 Å². The molecular formula is C10H8BrClN2O. The Morgan fingerprint density at radius 3 is 2.87 bits per heavy atom. The van der Waals surface area contributed by atoms with Gasteiger partial charge in [0.25, 0.3) is 0 Å². The van der Waals surface area contributed by atoms with Gasteiger partial charge in [-0.3, -0.25) is 0 Å². The highest BCUT2D eigenvalue weighted by molar-refractivity contribution is 9.10. The van der Waals surface area contributed by atoms with Crippen molar-refractivity contribution in [3.63, 3.8) is 0 Å². The predicted octanol–water partition coefficient (Wildman–Crippen LogP) is 2.58. The van der Waals surface area contributed by atoms with Crippen LogP contribution in [0.15, 0.2) is 22.7 Å². The first-order chi connectivity index (χ1) is 7.20. The van der Waals surface area contributed by atoms with Gasteiger partial charge < -0.3 is 5.11 Å². The number of aromatic nitrogens is 2. The number of nitrogens with zero attached hydrogens (tertiary/aromatic N) is 2. The fourth-order valence-corrected chi connectivity index (χ4v) is 1.93. The Labute approximate surface area is 100 Å². The normalized spacial score (nSPS) is 10.9. The number of hydrogen-bond donors (Lipinski definition) is 1. The van der Waals surface area contributed by atoms with Gasteiger partial charge in [0, 0.05) is 16.3 Å². The molecule has 2 rings (SSSR count). The number of hydrogen-bond acceptors (Lipinski definition) is 3.